The molecule has 1 amide bonds. The van der Waals surface area contributed by atoms with Gasteiger partial charge in [-0.2, -0.15) is 18.3 Å². The summed E-state index contributed by atoms with van der Waals surface area (Å²) in [5, 5.41) is 5.93. The van der Waals surface area contributed by atoms with E-state index in [0.29, 0.717) is 47.4 Å². The van der Waals surface area contributed by atoms with E-state index in [0.717, 1.165) is 68.2 Å². The van der Waals surface area contributed by atoms with Crippen LogP contribution in [0, 0.1) is 0 Å². The molecule has 0 aliphatic carbocycles. The minimum absolute atomic E-state index is 0.0275. The molecule has 4 heterocycles. The molecule has 0 bridgehead atoms. The van der Waals surface area contributed by atoms with Gasteiger partial charge in [0.2, 0.25) is 5.91 Å². The summed E-state index contributed by atoms with van der Waals surface area (Å²) in [4.78, 5) is 22.4. The maximum atomic E-state index is 13.1. The summed E-state index contributed by atoms with van der Waals surface area (Å²) in [5.41, 5.74) is 3.35. The molecule has 2 aromatic heterocycles. The zero-order valence-electron chi connectivity index (χ0n) is 21.5. The van der Waals surface area contributed by atoms with Crippen molar-refractivity contribution < 1.29 is 18.0 Å². The van der Waals surface area contributed by atoms with Gasteiger partial charge in [0, 0.05) is 94.9 Å². The lowest BCUT2D eigenvalue weighted by Gasteiger charge is -2.36. The summed E-state index contributed by atoms with van der Waals surface area (Å²) in [5.74, 6) is -0.0275. The molecule has 0 spiro atoms. The third-order valence-electron chi connectivity index (χ3n) is 7.43. The number of benzene rings is 1. The molecule has 0 radical (unpaired) electrons. The molecular formula is C27H29Cl2F3N6O. The molecule has 7 nitrogen and oxygen atoms in total. The lowest BCUT2D eigenvalue weighted by Crippen LogP contribution is -2.47. The van der Waals surface area contributed by atoms with Gasteiger partial charge < -0.3 is 9.80 Å². The van der Waals surface area contributed by atoms with E-state index >= 15 is 0 Å². The Hall–Kier alpha value is -2.82. The van der Waals surface area contributed by atoms with Gasteiger partial charge in [-0.15, -0.1) is 0 Å². The zero-order chi connectivity index (χ0) is 27.7. The number of carbonyl (C=O) groups excluding carboxylic acids is 1. The van der Waals surface area contributed by atoms with Gasteiger partial charge in [0.15, 0.2) is 0 Å². The van der Waals surface area contributed by atoms with Gasteiger partial charge in [-0.05, 0) is 18.6 Å². The summed E-state index contributed by atoms with van der Waals surface area (Å²) in [6.45, 7) is 7.46. The van der Waals surface area contributed by atoms with Crippen molar-refractivity contribution in [1.82, 2.24) is 24.6 Å². The van der Waals surface area contributed by atoms with Gasteiger partial charge in [0.05, 0.1) is 27.0 Å². The smallest absolute Gasteiger partial charge is 0.366 e. The zero-order valence-corrected chi connectivity index (χ0v) is 23.0. The average molecular weight is 581 g/mol. The molecule has 12 heteroatoms. The lowest BCUT2D eigenvalue weighted by atomic mass is 10.00. The number of piperazine rings is 1. The summed E-state index contributed by atoms with van der Waals surface area (Å²) in [7, 11) is 0. The largest absolute Gasteiger partial charge is 0.416 e. The van der Waals surface area contributed by atoms with Crippen LogP contribution in [0.25, 0.3) is 11.3 Å². The van der Waals surface area contributed by atoms with Crippen molar-refractivity contribution in [2.75, 3.05) is 44.2 Å². The number of aryl methyl sites for hydroxylation is 1. The first-order chi connectivity index (χ1) is 18.6. The number of halogens is 5. The van der Waals surface area contributed by atoms with E-state index in [9.17, 15) is 18.0 Å². The average Bonchev–Trinajstić information content (AvgIpc) is 3.27. The van der Waals surface area contributed by atoms with Crippen molar-refractivity contribution in [2.45, 2.75) is 39.0 Å². The Kier molecular flexibility index (Phi) is 8.07. The normalized spacial score (nSPS) is 16.5. The number of aromatic nitrogens is 3. The van der Waals surface area contributed by atoms with Crippen molar-refractivity contribution in [3.63, 3.8) is 0 Å². The fraction of sp³-hybridized carbons (Fsp3) is 0.444. The van der Waals surface area contributed by atoms with Crippen LogP contribution < -0.4 is 4.90 Å². The number of fused-ring (bicyclic) bond motifs is 1. The Morgan fingerprint density at radius 2 is 1.64 bits per heavy atom. The molecule has 5 rings (SSSR count). The third kappa shape index (κ3) is 6.02. The summed E-state index contributed by atoms with van der Waals surface area (Å²) < 4.78 is 41.3. The summed E-state index contributed by atoms with van der Waals surface area (Å²) in [6.07, 6.45) is 0.344. The molecule has 3 aromatic rings. The molecule has 0 saturated carbocycles. The van der Waals surface area contributed by atoms with Crippen LogP contribution in [-0.4, -0.2) is 69.7 Å². The van der Waals surface area contributed by atoms with Gasteiger partial charge in [-0.25, -0.2) is 0 Å². The molecule has 39 heavy (non-hydrogen) atoms. The molecule has 1 saturated heterocycles. The fourth-order valence-electron chi connectivity index (χ4n) is 5.34. The second-order valence-electron chi connectivity index (χ2n) is 9.90. The second-order valence-corrected chi connectivity index (χ2v) is 10.7. The molecule has 208 valence electrons. The summed E-state index contributed by atoms with van der Waals surface area (Å²) >= 11 is 12.7. The highest BCUT2D eigenvalue weighted by atomic mass is 35.5. The number of amides is 1. The van der Waals surface area contributed by atoms with Gasteiger partial charge in [-0.1, -0.05) is 35.3 Å². The maximum absolute atomic E-state index is 13.1. The Morgan fingerprint density at radius 1 is 0.974 bits per heavy atom. The maximum Gasteiger partial charge on any atom is 0.416 e. The van der Waals surface area contributed by atoms with Crippen LogP contribution in [0.3, 0.4) is 0 Å². The van der Waals surface area contributed by atoms with E-state index in [1.807, 2.05) is 4.68 Å². The number of pyridine rings is 1. The molecule has 2 aliphatic heterocycles. The predicted octanol–water partition coefficient (Wildman–Crippen LogP) is 5.39. The van der Waals surface area contributed by atoms with E-state index in [4.69, 9.17) is 28.3 Å². The minimum atomic E-state index is -4.40. The van der Waals surface area contributed by atoms with Gasteiger partial charge >= 0.3 is 6.18 Å². The van der Waals surface area contributed by atoms with E-state index in [2.05, 4.69) is 14.8 Å². The van der Waals surface area contributed by atoms with Gasteiger partial charge in [0.1, 0.15) is 0 Å². The Bertz CT molecular complexity index is 1320. The van der Waals surface area contributed by atoms with Gasteiger partial charge in [0.25, 0.3) is 0 Å². The molecule has 1 aromatic carbocycles. The lowest BCUT2D eigenvalue weighted by molar-refractivity contribution is -0.137. The van der Waals surface area contributed by atoms with Crippen molar-refractivity contribution in [3.05, 3.63) is 63.5 Å². The molecular weight excluding hydrogens is 552 g/mol. The highest BCUT2D eigenvalue weighted by Crippen LogP contribution is 2.35. The second kappa shape index (κ2) is 11.3. The quantitative estimate of drug-likeness (QED) is 0.391. The van der Waals surface area contributed by atoms with E-state index < -0.39 is 11.7 Å². The highest BCUT2D eigenvalue weighted by molar-refractivity contribution is 6.38. The Morgan fingerprint density at radius 3 is 2.26 bits per heavy atom. The molecule has 2 aliphatic rings. The number of carbonyl (C=O) groups is 1. The number of hydrogen-bond donors (Lipinski definition) is 0. The number of rotatable bonds is 6. The van der Waals surface area contributed by atoms with Crippen LogP contribution in [0.1, 0.15) is 30.2 Å². The highest BCUT2D eigenvalue weighted by Gasteiger charge is 2.31. The van der Waals surface area contributed by atoms with Crippen molar-refractivity contribution in [3.8, 4) is 11.3 Å². The topological polar surface area (TPSA) is 57.5 Å². The van der Waals surface area contributed by atoms with E-state index in [1.165, 1.54) is 19.1 Å². The minimum Gasteiger partial charge on any atom is -0.366 e. The van der Waals surface area contributed by atoms with Crippen LogP contribution in [0.2, 0.25) is 10.0 Å². The number of anilines is 1. The van der Waals surface area contributed by atoms with Crippen molar-refractivity contribution in [2.24, 2.45) is 0 Å². The molecule has 1 fully saturated rings. The van der Waals surface area contributed by atoms with Gasteiger partial charge in [-0.3, -0.25) is 19.4 Å². The van der Waals surface area contributed by atoms with E-state index in [1.54, 1.807) is 17.3 Å². The fourth-order valence-corrected chi connectivity index (χ4v) is 5.94. The molecule has 0 N–H and O–H groups in total. The SMILES string of the molecule is CC(=O)N1CCc2c(c(-c3ccc(C(F)(F)F)cc3)nn2CCCN2CCN(c3c(Cl)cncc3Cl)CC2)C1. The number of hydrogen-bond acceptors (Lipinski definition) is 5. The first kappa shape index (κ1) is 27.7. The standard InChI is InChI=1S/C27H29Cl2F3N6O/c1-18(39)37-10-7-24-21(17-37)25(19-3-5-20(6-4-19)27(30,31)32)34-38(24)9-2-8-35-11-13-36(14-12-35)26-22(28)15-33-16-23(26)29/h3-6,15-16H,2,7-14,17H2,1H3. The van der Waals surface area contributed by atoms with Crippen molar-refractivity contribution >= 4 is 34.8 Å². The Balaban J connectivity index is 1.26. The molecule has 0 unspecified atom stereocenters. The van der Waals surface area contributed by atoms with Crippen LogP contribution in [0.4, 0.5) is 18.9 Å². The first-order valence-corrected chi connectivity index (χ1v) is 13.7. The first-order valence-electron chi connectivity index (χ1n) is 12.9. The van der Waals surface area contributed by atoms with Crippen molar-refractivity contribution in [1.29, 1.82) is 0 Å². The van der Waals surface area contributed by atoms with E-state index in [-0.39, 0.29) is 5.91 Å². The monoisotopic (exact) mass is 580 g/mol. The van der Waals surface area contributed by atoms with Crippen LogP contribution >= 0.6 is 23.2 Å². The Labute approximate surface area is 235 Å². The number of nitrogens with zero attached hydrogens (tertiary/aromatic N) is 6. The number of alkyl halides is 3. The predicted molar refractivity (Wildman–Crippen MR) is 145 cm³/mol. The molecule has 0 atom stereocenters. The van der Waals surface area contributed by atoms with Crippen LogP contribution in [0.5, 0.6) is 0 Å². The van der Waals surface area contributed by atoms with Crippen LogP contribution in [-0.2, 0) is 30.5 Å². The van der Waals surface area contributed by atoms with Crippen LogP contribution in [0.15, 0.2) is 36.7 Å². The summed E-state index contributed by atoms with van der Waals surface area (Å²) in [6, 6.07) is 5.09. The third-order valence-corrected chi connectivity index (χ3v) is 7.98.